The smallest absolute Gasteiger partial charge is 0.251 e. The van der Waals surface area contributed by atoms with Crippen LogP contribution in [0.4, 0.5) is 5.00 Å². The van der Waals surface area contributed by atoms with Gasteiger partial charge in [0, 0.05) is 15.9 Å². The maximum atomic E-state index is 12.7. The number of pyridine rings is 1. The molecule has 0 aliphatic heterocycles. The zero-order chi connectivity index (χ0) is 19.0. The molecule has 0 bridgehead atoms. The zero-order valence-electron chi connectivity index (χ0n) is 14.2. The van der Waals surface area contributed by atoms with Crippen LogP contribution >= 0.6 is 27.3 Å². The number of hydrogen-bond donors (Lipinski definition) is 2. The van der Waals surface area contributed by atoms with E-state index in [-0.39, 0.29) is 18.0 Å². The predicted molar refractivity (Wildman–Crippen MR) is 109 cm³/mol. The Kier molecular flexibility index (Phi) is 4.63. The van der Waals surface area contributed by atoms with Gasteiger partial charge in [0.15, 0.2) is 5.82 Å². The van der Waals surface area contributed by atoms with E-state index >= 15 is 0 Å². The SMILES string of the molecule is Cc1ccc2ccc(=O)n(CC(=O)Nc3scc(Br)c3-c3ncn[nH]3)c2c1. The maximum absolute atomic E-state index is 12.7. The number of aryl methyl sites for hydroxylation is 1. The number of amides is 1. The van der Waals surface area contributed by atoms with Crippen LogP contribution in [-0.2, 0) is 11.3 Å². The Morgan fingerprint density at radius 2 is 2.15 bits per heavy atom. The van der Waals surface area contributed by atoms with Crippen molar-refractivity contribution >= 4 is 49.1 Å². The van der Waals surface area contributed by atoms with Gasteiger partial charge in [0.1, 0.15) is 17.9 Å². The van der Waals surface area contributed by atoms with Crippen molar-refractivity contribution in [2.75, 3.05) is 5.32 Å². The second-order valence-electron chi connectivity index (χ2n) is 5.99. The number of carbonyl (C=O) groups excluding carboxylic acids is 1. The molecule has 1 aromatic carbocycles. The molecule has 0 aliphatic carbocycles. The van der Waals surface area contributed by atoms with Gasteiger partial charge >= 0.3 is 0 Å². The van der Waals surface area contributed by atoms with Gasteiger partial charge in [-0.15, -0.1) is 11.3 Å². The zero-order valence-corrected chi connectivity index (χ0v) is 16.6. The summed E-state index contributed by atoms with van der Waals surface area (Å²) in [6.07, 6.45) is 1.41. The number of nitrogens with zero attached hydrogens (tertiary/aromatic N) is 3. The number of H-pyrrole nitrogens is 1. The van der Waals surface area contributed by atoms with E-state index in [1.165, 1.54) is 28.3 Å². The minimum Gasteiger partial charge on any atom is -0.315 e. The summed E-state index contributed by atoms with van der Waals surface area (Å²) in [5, 5.41) is 12.9. The van der Waals surface area contributed by atoms with Crippen LogP contribution in [0.25, 0.3) is 22.3 Å². The molecule has 2 N–H and O–H groups in total. The van der Waals surface area contributed by atoms with E-state index in [2.05, 4.69) is 36.4 Å². The second kappa shape index (κ2) is 7.09. The van der Waals surface area contributed by atoms with Crippen LogP contribution in [0.1, 0.15) is 5.56 Å². The lowest BCUT2D eigenvalue weighted by Gasteiger charge is -2.11. The molecule has 7 nitrogen and oxygen atoms in total. The van der Waals surface area contributed by atoms with Crippen LogP contribution in [0.15, 0.2) is 51.3 Å². The predicted octanol–water partition coefficient (Wildman–Crippen LogP) is 3.56. The highest BCUT2D eigenvalue weighted by molar-refractivity contribution is 9.10. The van der Waals surface area contributed by atoms with Crippen molar-refractivity contribution in [3.8, 4) is 11.4 Å². The van der Waals surface area contributed by atoms with Crippen molar-refractivity contribution in [1.29, 1.82) is 0 Å². The lowest BCUT2D eigenvalue weighted by molar-refractivity contribution is -0.116. The molecule has 0 spiro atoms. The van der Waals surface area contributed by atoms with Gasteiger partial charge in [-0.3, -0.25) is 19.3 Å². The Labute approximate surface area is 166 Å². The van der Waals surface area contributed by atoms with E-state index < -0.39 is 0 Å². The highest BCUT2D eigenvalue weighted by Gasteiger charge is 2.17. The van der Waals surface area contributed by atoms with Crippen molar-refractivity contribution in [2.24, 2.45) is 0 Å². The largest absolute Gasteiger partial charge is 0.315 e. The van der Waals surface area contributed by atoms with E-state index in [1.54, 1.807) is 6.07 Å². The minimum atomic E-state index is -0.291. The van der Waals surface area contributed by atoms with Crippen molar-refractivity contribution in [1.82, 2.24) is 19.7 Å². The van der Waals surface area contributed by atoms with Crippen LogP contribution in [-0.4, -0.2) is 25.7 Å². The molecule has 136 valence electrons. The summed E-state index contributed by atoms with van der Waals surface area (Å²) in [6, 6.07) is 9.07. The Bertz CT molecular complexity index is 1200. The topological polar surface area (TPSA) is 92.7 Å². The van der Waals surface area contributed by atoms with Gasteiger partial charge in [0.05, 0.1) is 11.1 Å². The van der Waals surface area contributed by atoms with Gasteiger partial charge in [0.2, 0.25) is 5.91 Å². The number of aromatic nitrogens is 4. The Hall–Kier alpha value is -2.78. The summed E-state index contributed by atoms with van der Waals surface area (Å²) in [4.78, 5) is 29.2. The fourth-order valence-electron chi connectivity index (χ4n) is 2.85. The molecule has 9 heteroatoms. The number of anilines is 1. The van der Waals surface area contributed by atoms with Crippen molar-refractivity contribution in [3.05, 3.63) is 62.4 Å². The van der Waals surface area contributed by atoms with Crippen molar-refractivity contribution in [2.45, 2.75) is 13.5 Å². The number of rotatable bonds is 4. The van der Waals surface area contributed by atoms with Crippen LogP contribution in [0.2, 0.25) is 0 Å². The molecule has 4 aromatic rings. The summed E-state index contributed by atoms with van der Waals surface area (Å²) >= 11 is 4.83. The van der Waals surface area contributed by atoms with Crippen LogP contribution in [0, 0.1) is 6.92 Å². The Morgan fingerprint density at radius 3 is 2.93 bits per heavy atom. The van der Waals surface area contributed by atoms with E-state index in [0.29, 0.717) is 10.8 Å². The molecule has 0 unspecified atom stereocenters. The second-order valence-corrected chi connectivity index (χ2v) is 7.72. The molecule has 0 radical (unpaired) electrons. The summed E-state index contributed by atoms with van der Waals surface area (Å²) in [5.74, 6) is 0.262. The molecule has 0 atom stereocenters. The average molecular weight is 444 g/mol. The molecule has 3 heterocycles. The number of hydrogen-bond acceptors (Lipinski definition) is 5. The normalized spacial score (nSPS) is 11.0. The first-order valence-electron chi connectivity index (χ1n) is 8.06. The number of aromatic amines is 1. The third kappa shape index (κ3) is 3.43. The number of benzene rings is 1. The average Bonchev–Trinajstić information content (AvgIpc) is 3.27. The van der Waals surface area contributed by atoms with Crippen LogP contribution in [0.5, 0.6) is 0 Å². The minimum absolute atomic E-state index is 0.0784. The summed E-state index contributed by atoms with van der Waals surface area (Å²) in [7, 11) is 0. The number of thiophene rings is 1. The Morgan fingerprint density at radius 1 is 1.33 bits per heavy atom. The van der Waals surface area contributed by atoms with Gasteiger partial charge < -0.3 is 5.32 Å². The van der Waals surface area contributed by atoms with Gasteiger partial charge in [-0.1, -0.05) is 12.1 Å². The standard InChI is InChI=1S/C18H14BrN5O2S/c1-10-2-3-11-4-5-15(26)24(13(11)6-10)7-14(25)22-18-16(12(19)8-27-18)17-20-9-21-23-17/h2-6,8-9H,7H2,1H3,(H,22,25)(H,20,21,23). The first-order chi connectivity index (χ1) is 13.0. The molecular formula is C18H14BrN5O2S. The summed E-state index contributed by atoms with van der Waals surface area (Å²) in [5.41, 5.74) is 2.27. The molecule has 4 rings (SSSR count). The van der Waals surface area contributed by atoms with E-state index in [0.717, 1.165) is 26.5 Å². The molecule has 0 fully saturated rings. The third-order valence-corrected chi connectivity index (χ3v) is 5.92. The monoisotopic (exact) mass is 443 g/mol. The first-order valence-corrected chi connectivity index (χ1v) is 9.73. The number of halogens is 1. The molecule has 27 heavy (non-hydrogen) atoms. The van der Waals surface area contributed by atoms with Gasteiger partial charge in [0.25, 0.3) is 5.56 Å². The third-order valence-electron chi connectivity index (χ3n) is 4.10. The molecule has 0 saturated carbocycles. The van der Waals surface area contributed by atoms with Gasteiger partial charge in [-0.2, -0.15) is 5.10 Å². The fourth-order valence-corrected chi connectivity index (χ4v) is 4.48. The Balaban J connectivity index is 1.65. The van der Waals surface area contributed by atoms with E-state index in [9.17, 15) is 9.59 Å². The molecule has 1 amide bonds. The van der Waals surface area contributed by atoms with Crippen LogP contribution in [0.3, 0.4) is 0 Å². The van der Waals surface area contributed by atoms with Gasteiger partial charge in [-0.25, -0.2) is 4.98 Å². The number of nitrogens with one attached hydrogen (secondary N) is 2. The van der Waals surface area contributed by atoms with Crippen molar-refractivity contribution < 1.29 is 4.79 Å². The van der Waals surface area contributed by atoms with E-state index in [4.69, 9.17) is 0 Å². The maximum Gasteiger partial charge on any atom is 0.251 e. The lowest BCUT2D eigenvalue weighted by atomic mass is 10.1. The molecule has 3 aromatic heterocycles. The number of fused-ring (bicyclic) bond motifs is 1. The first kappa shape index (κ1) is 17.6. The molecular weight excluding hydrogens is 430 g/mol. The number of carbonyl (C=O) groups is 1. The van der Waals surface area contributed by atoms with E-state index in [1.807, 2.05) is 30.5 Å². The molecule has 0 aliphatic rings. The summed E-state index contributed by atoms with van der Waals surface area (Å²) < 4.78 is 2.28. The van der Waals surface area contributed by atoms with Gasteiger partial charge in [-0.05, 0) is 45.9 Å². The van der Waals surface area contributed by atoms with Crippen LogP contribution < -0.4 is 10.9 Å². The highest BCUT2D eigenvalue weighted by Crippen LogP contribution is 2.38. The highest BCUT2D eigenvalue weighted by atomic mass is 79.9. The fraction of sp³-hybridized carbons (Fsp3) is 0.111. The quantitative estimate of drug-likeness (QED) is 0.504. The molecule has 0 saturated heterocycles. The lowest BCUT2D eigenvalue weighted by Crippen LogP contribution is -2.27. The van der Waals surface area contributed by atoms with Crippen molar-refractivity contribution in [3.63, 3.8) is 0 Å². The summed E-state index contributed by atoms with van der Waals surface area (Å²) in [6.45, 7) is 1.87.